The third kappa shape index (κ3) is 2.48. The van der Waals surface area contributed by atoms with Gasteiger partial charge in [-0.05, 0) is 30.7 Å². The Bertz CT molecular complexity index is 964. The third-order valence-electron chi connectivity index (χ3n) is 3.40. The van der Waals surface area contributed by atoms with Crippen LogP contribution in [0.5, 0.6) is 0 Å². The van der Waals surface area contributed by atoms with Crippen molar-refractivity contribution in [2.75, 3.05) is 0 Å². The van der Waals surface area contributed by atoms with Gasteiger partial charge in [-0.3, -0.25) is 9.78 Å². The summed E-state index contributed by atoms with van der Waals surface area (Å²) >= 11 is 0. The van der Waals surface area contributed by atoms with E-state index in [2.05, 4.69) is 27.0 Å². The molecular weight excluding hydrogens is 276 g/mol. The van der Waals surface area contributed by atoms with Crippen molar-refractivity contribution < 1.29 is 0 Å². The molecular formula is C17H14N4O. The lowest BCUT2D eigenvalue weighted by Crippen LogP contribution is -2.13. The first-order valence-corrected chi connectivity index (χ1v) is 6.82. The monoisotopic (exact) mass is 290 g/mol. The molecule has 0 radical (unpaired) electrons. The maximum absolute atomic E-state index is 11.8. The third-order valence-corrected chi connectivity index (χ3v) is 3.40. The molecule has 3 aromatic rings. The van der Waals surface area contributed by atoms with Crippen LogP contribution in [0.1, 0.15) is 18.2 Å². The highest BCUT2D eigenvalue weighted by atomic mass is 16.1. The number of hydrogen-bond acceptors (Lipinski definition) is 4. The molecule has 5 nitrogen and oxygen atoms in total. The summed E-state index contributed by atoms with van der Waals surface area (Å²) in [4.78, 5) is 16.1. The molecule has 0 fully saturated rings. The Kier molecular flexibility index (Phi) is 3.69. The SMILES string of the molecule is CC#Cc1cncc(-c2ccc3c(=O)[nH]nc(CN)c3c2)c1. The summed E-state index contributed by atoms with van der Waals surface area (Å²) in [5, 5.41) is 7.81. The van der Waals surface area contributed by atoms with Crippen molar-refractivity contribution >= 4 is 10.8 Å². The summed E-state index contributed by atoms with van der Waals surface area (Å²) in [7, 11) is 0. The molecule has 0 amide bonds. The minimum absolute atomic E-state index is 0.220. The molecule has 3 N–H and O–H groups in total. The van der Waals surface area contributed by atoms with E-state index in [1.165, 1.54) is 0 Å². The number of pyridine rings is 1. The minimum Gasteiger partial charge on any atom is -0.325 e. The van der Waals surface area contributed by atoms with Crippen molar-refractivity contribution in [2.45, 2.75) is 13.5 Å². The van der Waals surface area contributed by atoms with E-state index in [4.69, 9.17) is 5.73 Å². The van der Waals surface area contributed by atoms with Crippen LogP contribution in [-0.2, 0) is 6.54 Å². The van der Waals surface area contributed by atoms with E-state index in [0.29, 0.717) is 11.1 Å². The van der Waals surface area contributed by atoms with Gasteiger partial charge < -0.3 is 5.73 Å². The summed E-state index contributed by atoms with van der Waals surface area (Å²) in [5.74, 6) is 5.84. The Labute approximate surface area is 127 Å². The van der Waals surface area contributed by atoms with Gasteiger partial charge in [0, 0.05) is 35.5 Å². The van der Waals surface area contributed by atoms with Gasteiger partial charge in [0.25, 0.3) is 5.56 Å². The van der Waals surface area contributed by atoms with Crippen molar-refractivity contribution in [3.63, 3.8) is 0 Å². The number of fused-ring (bicyclic) bond motifs is 1. The lowest BCUT2D eigenvalue weighted by atomic mass is 10.0. The van der Waals surface area contributed by atoms with Gasteiger partial charge in [-0.2, -0.15) is 5.10 Å². The van der Waals surface area contributed by atoms with Gasteiger partial charge in [-0.25, -0.2) is 5.10 Å². The molecule has 22 heavy (non-hydrogen) atoms. The van der Waals surface area contributed by atoms with E-state index in [-0.39, 0.29) is 12.1 Å². The van der Waals surface area contributed by atoms with Gasteiger partial charge in [-0.1, -0.05) is 12.0 Å². The van der Waals surface area contributed by atoms with Crippen molar-refractivity contribution in [3.8, 4) is 23.0 Å². The minimum atomic E-state index is -0.220. The molecule has 108 valence electrons. The Morgan fingerprint density at radius 3 is 2.82 bits per heavy atom. The zero-order chi connectivity index (χ0) is 15.5. The van der Waals surface area contributed by atoms with E-state index in [0.717, 1.165) is 22.1 Å². The molecule has 0 aliphatic heterocycles. The first-order valence-electron chi connectivity index (χ1n) is 6.82. The normalized spacial score (nSPS) is 10.3. The first kappa shape index (κ1) is 14.0. The predicted octanol–water partition coefficient (Wildman–Crippen LogP) is 1.82. The van der Waals surface area contributed by atoms with E-state index in [1.54, 1.807) is 25.4 Å². The van der Waals surface area contributed by atoms with Crippen LogP contribution >= 0.6 is 0 Å². The Morgan fingerprint density at radius 1 is 1.18 bits per heavy atom. The van der Waals surface area contributed by atoms with Crippen LogP contribution in [0.4, 0.5) is 0 Å². The zero-order valence-corrected chi connectivity index (χ0v) is 12.1. The van der Waals surface area contributed by atoms with Crippen LogP contribution in [-0.4, -0.2) is 15.2 Å². The molecule has 3 rings (SSSR count). The Morgan fingerprint density at radius 2 is 2.05 bits per heavy atom. The molecule has 5 heteroatoms. The predicted molar refractivity (Wildman–Crippen MR) is 86.0 cm³/mol. The average molecular weight is 290 g/mol. The molecule has 0 bridgehead atoms. The summed E-state index contributed by atoms with van der Waals surface area (Å²) in [6.45, 7) is 2.05. The highest BCUT2D eigenvalue weighted by molar-refractivity contribution is 5.88. The molecule has 0 aliphatic rings. The fourth-order valence-corrected chi connectivity index (χ4v) is 2.37. The lowest BCUT2D eigenvalue weighted by molar-refractivity contribution is 0.900. The number of nitrogens with two attached hydrogens (primary N) is 1. The highest BCUT2D eigenvalue weighted by Gasteiger charge is 2.08. The maximum Gasteiger partial charge on any atom is 0.272 e. The topological polar surface area (TPSA) is 84.7 Å². The second kappa shape index (κ2) is 5.80. The number of nitrogens with zero attached hydrogens (tertiary/aromatic N) is 2. The molecule has 0 spiro atoms. The van der Waals surface area contributed by atoms with Gasteiger partial charge in [0.1, 0.15) is 0 Å². The molecule has 1 aromatic carbocycles. The van der Waals surface area contributed by atoms with Crippen LogP contribution in [0.3, 0.4) is 0 Å². The van der Waals surface area contributed by atoms with Crippen molar-refractivity contribution in [3.05, 3.63) is 58.3 Å². The molecule has 0 saturated carbocycles. The van der Waals surface area contributed by atoms with Gasteiger partial charge >= 0.3 is 0 Å². The fraction of sp³-hybridized carbons (Fsp3) is 0.118. The summed E-state index contributed by atoms with van der Waals surface area (Å²) in [5.41, 5.74) is 8.88. The smallest absolute Gasteiger partial charge is 0.272 e. The van der Waals surface area contributed by atoms with Gasteiger partial charge in [0.2, 0.25) is 0 Å². The van der Waals surface area contributed by atoms with Gasteiger partial charge in [0.15, 0.2) is 0 Å². The summed E-state index contributed by atoms with van der Waals surface area (Å²) < 4.78 is 0. The molecule has 0 unspecified atom stereocenters. The molecule has 2 heterocycles. The quantitative estimate of drug-likeness (QED) is 0.705. The number of nitrogens with one attached hydrogen (secondary N) is 1. The zero-order valence-electron chi connectivity index (χ0n) is 12.1. The maximum atomic E-state index is 11.8. The number of benzene rings is 1. The van der Waals surface area contributed by atoms with E-state index in [9.17, 15) is 4.79 Å². The largest absolute Gasteiger partial charge is 0.325 e. The number of hydrogen-bond donors (Lipinski definition) is 2. The number of rotatable bonds is 2. The van der Waals surface area contributed by atoms with Crippen molar-refractivity contribution in [1.82, 2.24) is 15.2 Å². The second-order valence-corrected chi connectivity index (χ2v) is 4.80. The van der Waals surface area contributed by atoms with E-state index < -0.39 is 0 Å². The average Bonchev–Trinajstić information content (AvgIpc) is 2.55. The molecule has 0 aliphatic carbocycles. The summed E-state index contributed by atoms with van der Waals surface area (Å²) in [6.07, 6.45) is 3.49. The highest BCUT2D eigenvalue weighted by Crippen LogP contribution is 2.24. The van der Waals surface area contributed by atoms with Crippen molar-refractivity contribution in [2.24, 2.45) is 5.73 Å². The molecule has 0 atom stereocenters. The Balaban J connectivity index is 2.21. The van der Waals surface area contributed by atoms with Crippen LogP contribution in [0.25, 0.3) is 21.9 Å². The molecule has 0 saturated heterocycles. The van der Waals surface area contributed by atoms with Crippen LogP contribution < -0.4 is 11.3 Å². The second-order valence-electron chi connectivity index (χ2n) is 4.80. The lowest BCUT2D eigenvalue weighted by Gasteiger charge is -2.06. The fourth-order valence-electron chi connectivity index (χ4n) is 2.37. The summed E-state index contributed by atoms with van der Waals surface area (Å²) in [6, 6.07) is 7.55. The molecule has 2 aromatic heterocycles. The first-order chi connectivity index (χ1) is 10.7. The van der Waals surface area contributed by atoms with E-state index in [1.807, 2.05) is 18.2 Å². The van der Waals surface area contributed by atoms with Gasteiger partial charge in [0.05, 0.1) is 11.1 Å². The van der Waals surface area contributed by atoms with Crippen LogP contribution in [0.2, 0.25) is 0 Å². The Hall–Kier alpha value is -2.97. The number of H-pyrrole nitrogens is 1. The number of aromatic amines is 1. The van der Waals surface area contributed by atoms with Crippen LogP contribution in [0.15, 0.2) is 41.5 Å². The number of aromatic nitrogens is 3. The van der Waals surface area contributed by atoms with Crippen molar-refractivity contribution in [1.29, 1.82) is 0 Å². The van der Waals surface area contributed by atoms with E-state index >= 15 is 0 Å². The standard InChI is InChI=1S/C17H14N4O/c1-2-3-11-6-13(10-19-9-11)12-4-5-14-15(7-12)16(8-18)20-21-17(14)22/h4-7,9-10H,8,18H2,1H3,(H,21,22). The van der Waals surface area contributed by atoms with Gasteiger partial charge in [-0.15, -0.1) is 5.92 Å². The van der Waals surface area contributed by atoms with Crippen LogP contribution in [0, 0.1) is 11.8 Å².